The van der Waals surface area contributed by atoms with Crippen LogP contribution in [0.3, 0.4) is 0 Å². The van der Waals surface area contributed by atoms with E-state index in [1.165, 1.54) is 0 Å². The molecule has 1 aromatic rings. The lowest BCUT2D eigenvalue weighted by Gasteiger charge is -2.14. The van der Waals surface area contributed by atoms with Crippen molar-refractivity contribution in [2.75, 3.05) is 31.2 Å². The fourth-order valence-electron chi connectivity index (χ4n) is 1.86. The molecule has 1 saturated heterocycles. The maximum atomic E-state index is 11.7. The number of hydrogen-bond acceptors (Lipinski definition) is 5. The molecule has 0 saturated carbocycles. The van der Waals surface area contributed by atoms with Crippen LogP contribution in [0.15, 0.2) is 24.3 Å². The van der Waals surface area contributed by atoms with Gasteiger partial charge in [-0.05, 0) is 24.3 Å². The van der Waals surface area contributed by atoms with Gasteiger partial charge in [0, 0.05) is 18.8 Å². The first-order valence-corrected chi connectivity index (χ1v) is 6.33. The van der Waals surface area contributed by atoms with Crippen LogP contribution < -0.4 is 16.0 Å². The summed E-state index contributed by atoms with van der Waals surface area (Å²) in [6, 6.07) is 6.31. The first-order valence-electron chi connectivity index (χ1n) is 6.33. The van der Waals surface area contributed by atoms with E-state index >= 15 is 0 Å². The van der Waals surface area contributed by atoms with Crippen molar-refractivity contribution in [2.45, 2.75) is 0 Å². The summed E-state index contributed by atoms with van der Waals surface area (Å²) < 4.78 is 9.34. The smallest absolute Gasteiger partial charge is 0.404 e. The van der Waals surface area contributed by atoms with Gasteiger partial charge in [-0.15, -0.1) is 0 Å². The number of amides is 3. The van der Waals surface area contributed by atoms with Gasteiger partial charge in [-0.1, -0.05) is 0 Å². The zero-order valence-electron chi connectivity index (χ0n) is 11.2. The van der Waals surface area contributed by atoms with E-state index in [9.17, 15) is 14.4 Å². The van der Waals surface area contributed by atoms with Crippen molar-refractivity contribution in [1.29, 1.82) is 0 Å². The maximum absolute atomic E-state index is 11.7. The summed E-state index contributed by atoms with van der Waals surface area (Å²) in [5.74, 6) is -0.541. The number of hydrogen-bond donors (Lipinski definition) is 2. The summed E-state index contributed by atoms with van der Waals surface area (Å²) >= 11 is 0. The molecular weight excluding hydrogens is 278 g/mol. The van der Waals surface area contributed by atoms with Crippen LogP contribution >= 0.6 is 0 Å². The zero-order valence-corrected chi connectivity index (χ0v) is 11.2. The fourth-order valence-corrected chi connectivity index (χ4v) is 1.86. The molecule has 3 amide bonds. The summed E-state index contributed by atoms with van der Waals surface area (Å²) in [6.45, 7) is 1.03. The van der Waals surface area contributed by atoms with Crippen LogP contribution in [0.4, 0.5) is 15.3 Å². The molecule has 8 nitrogen and oxygen atoms in total. The number of nitrogens with one attached hydrogen (secondary N) is 1. The Balaban J connectivity index is 1.88. The number of esters is 1. The molecule has 1 aliphatic rings. The summed E-state index contributed by atoms with van der Waals surface area (Å²) in [5, 5.41) is 2.69. The Morgan fingerprint density at radius 1 is 1.19 bits per heavy atom. The Hall–Kier alpha value is -2.77. The fraction of sp³-hybridized carbons (Fsp3) is 0.308. The van der Waals surface area contributed by atoms with Crippen LogP contribution in [0, 0.1) is 0 Å². The number of nitrogens with zero attached hydrogens (tertiary/aromatic N) is 1. The Morgan fingerprint density at radius 2 is 1.86 bits per heavy atom. The predicted octanol–water partition coefficient (Wildman–Crippen LogP) is 0.468. The highest BCUT2D eigenvalue weighted by molar-refractivity contribution is 5.95. The van der Waals surface area contributed by atoms with Crippen LogP contribution in [-0.2, 0) is 9.47 Å². The van der Waals surface area contributed by atoms with Gasteiger partial charge < -0.3 is 20.5 Å². The van der Waals surface area contributed by atoms with Gasteiger partial charge in [-0.2, -0.15) is 0 Å². The van der Waals surface area contributed by atoms with Crippen molar-refractivity contribution in [1.82, 2.24) is 5.32 Å². The van der Waals surface area contributed by atoms with Crippen molar-refractivity contribution in [3.8, 4) is 0 Å². The van der Waals surface area contributed by atoms with Gasteiger partial charge in [0.1, 0.15) is 13.2 Å². The highest BCUT2D eigenvalue weighted by Crippen LogP contribution is 2.17. The Morgan fingerprint density at radius 3 is 2.43 bits per heavy atom. The molecule has 3 N–H and O–H groups in total. The molecule has 0 aromatic heterocycles. The number of urea groups is 1. The number of nitrogens with two attached hydrogens (primary N) is 1. The van der Waals surface area contributed by atoms with Gasteiger partial charge in [0.05, 0.1) is 5.56 Å². The van der Waals surface area contributed by atoms with Crippen molar-refractivity contribution >= 4 is 23.8 Å². The maximum Gasteiger partial charge on any atom is 0.404 e. The number of carbonyl (C=O) groups excluding carboxylic acids is 3. The molecule has 0 spiro atoms. The van der Waals surface area contributed by atoms with Crippen molar-refractivity contribution in [3.05, 3.63) is 29.8 Å². The largest absolute Gasteiger partial charge is 0.458 e. The summed E-state index contributed by atoms with van der Waals surface area (Å²) in [6.07, 6.45) is -0.917. The quantitative estimate of drug-likeness (QED) is 0.605. The molecule has 0 atom stereocenters. The molecule has 0 radical (unpaired) electrons. The molecule has 1 aliphatic heterocycles. The van der Waals surface area contributed by atoms with Gasteiger partial charge >= 0.3 is 18.1 Å². The number of carbonyl (C=O) groups is 3. The van der Waals surface area contributed by atoms with Crippen molar-refractivity contribution in [2.24, 2.45) is 5.73 Å². The highest BCUT2D eigenvalue weighted by atomic mass is 16.6. The van der Waals surface area contributed by atoms with Gasteiger partial charge in [-0.3, -0.25) is 4.90 Å². The van der Waals surface area contributed by atoms with E-state index in [-0.39, 0.29) is 19.2 Å². The first-order chi connectivity index (χ1) is 10.1. The van der Waals surface area contributed by atoms with Gasteiger partial charge in [0.2, 0.25) is 0 Å². The lowest BCUT2D eigenvalue weighted by Crippen LogP contribution is -2.27. The molecule has 112 valence electrons. The number of ether oxygens (including phenoxy) is 2. The van der Waals surface area contributed by atoms with Crippen LogP contribution in [0.25, 0.3) is 0 Å². The van der Waals surface area contributed by atoms with E-state index in [0.717, 1.165) is 0 Å². The SMILES string of the molecule is NC(=O)OCCOC(=O)c1ccc(N2CCNC2=O)cc1. The summed E-state index contributed by atoms with van der Waals surface area (Å²) in [5.41, 5.74) is 5.82. The number of primary amides is 1. The molecule has 8 heteroatoms. The van der Waals surface area contributed by atoms with E-state index in [0.29, 0.717) is 24.3 Å². The van der Waals surface area contributed by atoms with E-state index in [1.807, 2.05) is 0 Å². The van der Waals surface area contributed by atoms with Crippen LogP contribution in [0.1, 0.15) is 10.4 Å². The van der Waals surface area contributed by atoms with E-state index < -0.39 is 12.1 Å². The molecule has 2 rings (SSSR count). The Kier molecular flexibility index (Phi) is 4.60. The molecular formula is C13H15N3O5. The Labute approximate surface area is 120 Å². The molecule has 0 aliphatic carbocycles. The lowest BCUT2D eigenvalue weighted by molar-refractivity contribution is 0.0408. The molecule has 1 aromatic carbocycles. The van der Waals surface area contributed by atoms with Crippen LogP contribution in [-0.4, -0.2) is 44.4 Å². The second-order valence-corrected chi connectivity index (χ2v) is 4.23. The minimum atomic E-state index is -0.917. The van der Waals surface area contributed by atoms with E-state index in [1.54, 1.807) is 29.2 Å². The second kappa shape index (κ2) is 6.60. The Bertz CT molecular complexity index is 543. The predicted molar refractivity (Wildman–Crippen MR) is 73.0 cm³/mol. The third kappa shape index (κ3) is 3.85. The summed E-state index contributed by atoms with van der Waals surface area (Å²) in [7, 11) is 0. The third-order valence-electron chi connectivity index (χ3n) is 2.83. The van der Waals surface area contributed by atoms with Gasteiger partial charge in [0.25, 0.3) is 0 Å². The summed E-state index contributed by atoms with van der Waals surface area (Å²) in [4.78, 5) is 35.1. The van der Waals surface area contributed by atoms with E-state index in [2.05, 4.69) is 10.1 Å². The average molecular weight is 293 g/mol. The standard InChI is InChI=1S/C13H15N3O5/c14-12(18)21-8-7-20-11(17)9-1-3-10(4-2-9)16-6-5-15-13(16)19/h1-4H,5-8H2,(H2,14,18)(H,15,19). The normalized spacial score (nSPS) is 13.7. The van der Waals surface area contributed by atoms with Crippen LogP contribution in [0.2, 0.25) is 0 Å². The molecule has 0 bridgehead atoms. The second-order valence-electron chi connectivity index (χ2n) is 4.23. The number of benzene rings is 1. The third-order valence-corrected chi connectivity index (χ3v) is 2.83. The minimum Gasteiger partial charge on any atom is -0.458 e. The van der Waals surface area contributed by atoms with E-state index in [4.69, 9.17) is 10.5 Å². The number of anilines is 1. The first kappa shape index (κ1) is 14.6. The van der Waals surface area contributed by atoms with Crippen LogP contribution in [0.5, 0.6) is 0 Å². The lowest BCUT2D eigenvalue weighted by atomic mass is 10.2. The highest BCUT2D eigenvalue weighted by Gasteiger charge is 2.21. The molecule has 21 heavy (non-hydrogen) atoms. The molecule has 1 heterocycles. The van der Waals surface area contributed by atoms with Gasteiger partial charge in [0.15, 0.2) is 0 Å². The van der Waals surface area contributed by atoms with Gasteiger partial charge in [-0.25, -0.2) is 14.4 Å². The molecule has 0 unspecified atom stereocenters. The number of rotatable bonds is 5. The monoisotopic (exact) mass is 293 g/mol. The molecule has 1 fully saturated rings. The van der Waals surface area contributed by atoms with Crippen molar-refractivity contribution < 1.29 is 23.9 Å². The minimum absolute atomic E-state index is 0.0714. The topological polar surface area (TPSA) is 111 Å². The average Bonchev–Trinajstić information content (AvgIpc) is 2.89. The zero-order chi connectivity index (χ0) is 15.2. The van der Waals surface area contributed by atoms with Crippen molar-refractivity contribution in [3.63, 3.8) is 0 Å².